The van der Waals surface area contributed by atoms with Gasteiger partial charge >= 0.3 is 12.1 Å². The number of rotatable bonds is 2. The van der Waals surface area contributed by atoms with Crippen LogP contribution in [-0.4, -0.2) is 52.7 Å². The molecule has 1 heterocycles. The van der Waals surface area contributed by atoms with Gasteiger partial charge in [0.2, 0.25) is 0 Å². The fraction of sp³-hybridized carbons (Fsp3) is 0.818. The number of aliphatic hydroxyl groups is 1. The van der Waals surface area contributed by atoms with Gasteiger partial charge in [0.05, 0.1) is 6.61 Å². The Hall–Kier alpha value is -1.34. The highest BCUT2D eigenvalue weighted by atomic mass is 16.6. The molecule has 18 heavy (non-hydrogen) atoms. The zero-order valence-electron chi connectivity index (χ0n) is 10.7. The molecule has 0 aromatic heterocycles. The van der Waals surface area contributed by atoms with E-state index in [2.05, 4.69) is 5.32 Å². The number of carboxylic acid groups (broad SMARTS) is 1. The summed E-state index contributed by atoms with van der Waals surface area (Å²) in [6, 6.07) is 0. The van der Waals surface area contributed by atoms with Crippen molar-refractivity contribution in [3.63, 3.8) is 0 Å². The molecule has 0 aromatic carbocycles. The van der Waals surface area contributed by atoms with E-state index < -0.39 is 29.3 Å². The second-order valence-corrected chi connectivity index (χ2v) is 5.24. The fourth-order valence-corrected chi connectivity index (χ4v) is 1.67. The van der Waals surface area contributed by atoms with Gasteiger partial charge in [-0.1, -0.05) is 0 Å². The third-order valence-electron chi connectivity index (χ3n) is 2.59. The molecule has 3 N–H and O–H groups in total. The quantitative estimate of drug-likeness (QED) is 0.652. The molecule has 0 aromatic rings. The van der Waals surface area contributed by atoms with Gasteiger partial charge in [-0.25, -0.2) is 9.59 Å². The van der Waals surface area contributed by atoms with Crippen LogP contribution in [0.15, 0.2) is 0 Å². The standard InChI is InChI=1S/C11H19NO6/c1-10(2,3)18-9(16)12-11(8(14)15)4-5-17-6-7(11)13/h7,13H,4-6H2,1-3H3,(H,12,16)(H,14,15)/t7-,11+/m1/s1. The van der Waals surface area contributed by atoms with Gasteiger partial charge in [-0.15, -0.1) is 0 Å². The van der Waals surface area contributed by atoms with Crippen LogP contribution in [0.5, 0.6) is 0 Å². The maximum atomic E-state index is 11.6. The highest BCUT2D eigenvalue weighted by Gasteiger charge is 2.49. The first-order chi connectivity index (χ1) is 8.17. The summed E-state index contributed by atoms with van der Waals surface area (Å²) in [4.78, 5) is 22.9. The van der Waals surface area contributed by atoms with E-state index in [0.717, 1.165) is 0 Å². The second kappa shape index (κ2) is 5.11. The zero-order valence-corrected chi connectivity index (χ0v) is 10.7. The molecule has 1 aliphatic heterocycles. The third-order valence-corrected chi connectivity index (χ3v) is 2.59. The maximum Gasteiger partial charge on any atom is 0.408 e. The van der Waals surface area contributed by atoms with Gasteiger partial charge in [0, 0.05) is 13.0 Å². The van der Waals surface area contributed by atoms with Crippen molar-refractivity contribution in [2.75, 3.05) is 13.2 Å². The number of nitrogens with one attached hydrogen (secondary N) is 1. The topological polar surface area (TPSA) is 105 Å². The van der Waals surface area contributed by atoms with Gasteiger partial charge in [0.15, 0.2) is 5.54 Å². The van der Waals surface area contributed by atoms with Crippen molar-refractivity contribution in [3.05, 3.63) is 0 Å². The van der Waals surface area contributed by atoms with Gasteiger partial charge in [-0.2, -0.15) is 0 Å². The summed E-state index contributed by atoms with van der Waals surface area (Å²) >= 11 is 0. The lowest BCUT2D eigenvalue weighted by Crippen LogP contribution is -2.66. The highest BCUT2D eigenvalue weighted by Crippen LogP contribution is 2.22. The Balaban J connectivity index is 2.80. The average molecular weight is 261 g/mol. The van der Waals surface area contributed by atoms with Crippen LogP contribution >= 0.6 is 0 Å². The molecule has 7 nitrogen and oxygen atoms in total. The summed E-state index contributed by atoms with van der Waals surface area (Å²) in [7, 11) is 0. The van der Waals surface area contributed by atoms with E-state index in [-0.39, 0.29) is 19.6 Å². The lowest BCUT2D eigenvalue weighted by atomic mass is 9.87. The largest absolute Gasteiger partial charge is 0.479 e. The Bertz CT molecular complexity index is 337. The Morgan fingerprint density at radius 2 is 2.06 bits per heavy atom. The monoisotopic (exact) mass is 261 g/mol. The Morgan fingerprint density at radius 3 is 2.50 bits per heavy atom. The van der Waals surface area contributed by atoms with Crippen LogP contribution in [-0.2, 0) is 14.3 Å². The molecule has 0 bridgehead atoms. The predicted molar refractivity (Wildman–Crippen MR) is 61.2 cm³/mol. The van der Waals surface area contributed by atoms with Crippen molar-refractivity contribution in [2.45, 2.75) is 44.4 Å². The molecule has 0 unspecified atom stereocenters. The Kier molecular flexibility index (Phi) is 4.18. The zero-order chi connectivity index (χ0) is 14.0. The van der Waals surface area contributed by atoms with Crippen molar-refractivity contribution in [1.82, 2.24) is 5.32 Å². The van der Waals surface area contributed by atoms with Gasteiger partial charge in [-0.05, 0) is 20.8 Å². The van der Waals surface area contributed by atoms with Crippen LogP contribution in [0.2, 0.25) is 0 Å². The number of hydrogen-bond acceptors (Lipinski definition) is 5. The molecule has 1 aliphatic rings. The summed E-state index contributed by atoms with van der Waals surface area (Å²) in [6.45, 7) is 5.02. The second-order valence-electron chi connectivity index (χ2n) is 5.24. The van der Waals surface area contributed by atoms with Crippen molar-refractivity contribution >= 4 is 12.1 Å². The minimum Gasteiger partial charge on any atom is -0.479 e. The van der Waals surface area contributed by atoms with E-state index in [1.807, 2.05) is 0 Å². The van der Waals surface area contributed by atoms with Crippen molar-refractivity contribution in [1.29, 1.82) is 0 Å². The van der Waals surface area contributed by atoms with E-state index in [1.165, 1.54) is 0 Å². The van der Waals surface area contributed by atoms with E-state index in [0.29, 0.717) is 0 Å². The van der Waals surface area contributed by atoms with Crippen LogP contribution in [0.3, 0.4) is 0 Å². The van der Waals surface area contributed by atoms with E-state index in [4.69, 9.17) is 9.47 Å². The lowest BCUT2D eigenvalue weighted by Gasteiger charge is -2.38. The lowest BCUT2D eigenvalue weighted by molar-refractivity contribution is -0.159. The van der Waals surface area contributed by atoms with Gasteiger partial charge in [0.1, 0.15) is 11.7 Å². The minimum absolute atomic E-state index is 0.0112. The average Bonchev–Trinajstić information content (AvgIpc) is 2.18. The summed E-state index contributed by atoms with van der Waals surface area (Å²) in [5.74, 6) is -1.30. The molecule has 1 rings (SSSR count). The number of carbonyl (C=O) groups is 2. The van der Waals surface area contributed by atoms with Crippen molar-refractivity contribution in [2.24, 2.45) is 0 Å². The van der Waals surface area contributed by atoms with Crippen LogP contribution in [0, 0.1) is 0 Å². The highest BCUT2D eigenvalue weighted by molar-refractivity contribution is 5.85. The van der Waals surface area contributed by atoms with Crippen molar-refractivity contribution in [3.8, 4) is 0 Å². The molecule has 1 fully saturated rings. The first-order valence-electron chi connectivity index (χ1n) is 5.68. The smallest absolute Gasteiger partial charge is 0.408 e. The number of carbonyl (C=O) groups excluding carboxylic acids is 1. The van der Waals surface area contributed by atoms with Crippen molar-refractivity contribution < 1.29 is 29.3 Å². The molecule has 104 valence electrons. The summed E-state index contributed by atoms with van der Waals surface area (Å²) < 4.78 is 9.96. The molecule has 0 radical (unpaired) electrons. The number of alkyl carbamates (subject to hydrolysis) is 1. The van der Waals surface area contributed by atoms with Crippen LogP contribution in [0.25, 0.3) is 0 Å². The third kappa shape index (κ3) is 3.33. The SMILES string of the molecule is CC(C)(C)OC(=O)N[C@@]1(C(=O)O)CCOC[C@H]1O. The molecule has 2 atom stereocenters. The molecule has 0 aliphatic carbocycles. The van der Waals surface area contributed by atoms with E-state index in [1.54, 1.807) is 20.8 Å². The van der Waals surface area contributed by atoms with E-state index in [9.17, 15) is 19.8 Å². The maximum absolute atomic E-state index is 11.6. The molecule has 0 saturated carbocycles. The van der Waals surface area contributed by atoms with Gasteiger partial charge < -0.3 is 25.0 Å². The summed E-state index contributed by atoms with van der Waals surface area (Å²) in [5, 5.41) is 21.2. The predicted octanol–water partition coefficient (Wildman–Crippen LogP) is 0.116. The van der Waals surface area contributed by atoms with E-state index >= 15 is 0 Å². The van der Waals surface area contributed by atoms with Crippen LogP contribution in [0.4, 0.5) is 4.79 Å². The number of ether oxygens (including phenoxy) is 2. The van der Waals surface area contributed by atoms with Gasteiger partial charge in [0.25, 0.3) is 0 Å². The van der Waals surface area contributed by atoms with Gasteiger partial charge in [-0.3, -0.25) is 0 Å². The number of aliphatic hydroxyl groups excluding tert-OH is 1. The molecule has 7 heteroatoms. The first kappa shape index (κ1) is 14.7. The van der Waals surface area contributed by atoms with Crippen LogP contribution < -0.4 is 5.32 Å². The molecule has 1 saturated heterocycles. The number of aliphatic carboxylic acids is 1. The number of hydrogen-bond donors (Lipinski definition) is 3. The molecule has 1 amide bonds. The summed E-state index contributed by atoms with van der Waals surface area (Å²) in [6.07, 6.45) is -2.19. The Labute approximate surface area is 105 Å². The minimum atomic E-state index is -1.75. The normalized spacial score (nSPS) is 28.6. The molecular formula is C11H19NO6. The number of carboxylic acids is 1. The Morgan fingerprint density at radius 1 is 1.44 bits per heavy atom. The van der Waals surface area contributed by atoms with Crippen LogP contribution in [0.1, 0.15) is 27.2 Å². The number of amides is 1. The molecule has 0 spiro atoms. The first-order valence-corrected chi connectivity index (χ1v) is 5.68. The molecular weight excluding hydrogens is 242 g/mol. The fourth-order valence-electron chi connectivity index (χ4n) is 1.67. The summed E-state index contributed by atoms with van der Waals surface area (Å²) in [5.41, 5.74) is -2.49.